The van der Waals surface area contributed by atoms with Crippen LogP contribution in [0.15, 0.2) is 24.3 Å². The zero-order valence-electron chi connectivity index (χ0n) is 8.85. The zero-order valence-corrected chi connectivity index (χ0v) is 8.85. The fraction of sp³-hybridized carbons (Fsp3) is 0.500. The number of halogens is 3. The summed E-state index contributed by atoms with van der Waals surface area (Å²) >= 11 is 0. The Balaban J connectivity index is 2.09. The first-order valence-corrected chi connectivity index (χ1v) is 5.46. The van der Waals surface area contributed by atoms with Crippen molar-refractivity contribution in [2.45, 2.75) is 37.9 Å². The highest BCUT2D eigenvalue weighted by Gasteiger charge is 2.29. The van der Waals surface area contributed by atoms with Gasteiger partial charge in [-0.3, -0.25) is 0 Å². The molecule has 16 heavy (non-hydrogen) atoms. The minimum Gasteiger partial charge on any atom is -0.382 e. The maximum absolute atomic E-state index is 12.3. The summed E-state index contributed by atoms with van der Waals surface area (Å²) < 4.78 is 37.0. The van der Waals surface area contributed by atoms with Crippen molar-refractivity contribution in [1.82, 2.24) is 0 Å². The number of alkyl halides is 3. The monoisotopic (exact) mass is 229 g/mol. The van der Waals surface area contributed by atoms with Crippen LogP contribution in [0.1, 0.15) is 24.8 Å². The van der Waals surface area contributed by atoms with Crippen LogP contribution in [-0.4, -0.2) is 12.2 Å². The van der Waals surface area contributed by atoms with Gasteiger partial charge in [-0.05, 0) is 30.9 Å². The van der Waals surface area contributed by atoms with Crippen LogP contribution < -0.4 is 5.32 Å². The van der Waals surface area contributed by atoms with E-state index in [-0.39, 0.29) is 0 Å². The van der Waals surface area contributed by atoms with Gasteiger partial charge in [0.1, 0.15) is 0 Å². The van der Waals surface area contributed by atoms with Crippen LogP contribution in [0.25, 0.3) is 0 Å². The van der Waals surface area contributed by atoms with E-state index in [2.05, 4.69) is 5.32 Å². The summed E-state index contributed by atoms with van der Waals surface area (Å²) in [5, 5.41) is 3.17. The summed E-state index contributed by atoms with van der Waals surface area (Å²) in [6.07, 6.45) is -1.72. The minimum atomic E-state index is -4.14. The highest BCUT2D eigenvalue weighted by atomic mass is 19.4. The number of para-hydroxylation sites is 1. The first kappa shape index (κ1) is 11.3. The van der Waals surface area contributed by atoms with Crippen LogP contribution in [0.4, 0.5) is 18.9 Å². The van der Waals surface area contributed by atoms with Gasteiger partial charge in [0.2, 0.25) is 0 Å². The van der Waals surface area contributed by atoms with Crippen LogP contribution >= 0.6 is 0 Å². The second-order valence-corrected chi connectivity index (χ2v) is 4.22. The molecule has 4 heteroatoms. The molecule has 0 unspecified atom stereocenters. The van der Waals surface area contributed by atoms with Gasteiger partial charge in [-0.1, -0.05) is 18.2 Å². The quantitative estimate of drug-likeness (QED) is 0.832. The Bertz CT molecular complexity index is 356. The zero-order chi connectivity index (χ0) is 11.6. The van der Waals surface area contributed by atoms with Gasteiger partial charge in [0, 0.05) is 11.7 Å². The van der Waals surface area contributed by atoms with Crippen LogP contribution in [0.5, 0.6) is 0 Å². The molecule has 0 bridgehead atoms. The molecule has 0 aliphatic heterocycles. The van der Waals surface area contributed by atoms with Gasteiger partial charge in [-0.25, -0.2) is 0 Å². The van der Waals surface area contributed by atoms with Crippen molar-refractivity contribution >= 4 is 5.69 Å². The van der Waals surface area contributed by atoms with Crippen molar-refractivity contribution in [3.63, 3.8) is 0 Å². The van der Waals surface area contributed by atoms with Gasteiger partial charge in [0.15, 0.2) is 0 Å². The molecular formula is C12H14F3N. The van der Waals surface area contributed by atoms with Crippen molar-refractivity contribution < 1.29 is 13.2 Å². The molecule has 1 aromatic carbocycles. The predicted molar refractivity (Wildman–Crippen MR) is 57.5 cm³/mol. The molecule has 0 aromatic heterocycles. The first-order valence-electron chi connectivity index (χ1n) is 5.46. The number of hydrogen-bond acceptors (Lipinski definition) is 1. The van der Waals surface area contributed by atoms with Crippen LogP contribution in [0.2, 0.25) is 0 Å². The number of hydrogen-bond donors (Lipinski definition) is 1. The third kappa shape index (κ3) is 2.90. The van der Waals surface area contributed by atoms with Crippen LogP contribution in [0, 0.1) is 0 Å². The van der Waals surface area contributed by atoms with Gasteiger partial charge < -0.3 is 5.32 Å². The molecule has 1 N–H and O–H groups in total. The summed E-state index contributed by atoms with van der Waals surface area (Å²) in [5.41, 5.74) is 0.964. The average Bonchev–Trinajstić information content (AvgIpc) is 2.11. The number of benzene rings is 1. The van der Waals surface area contributed by atoms with Gasteiger partial charge in [-0.15, -0.1) is 0 Å². The Hall–Kier alpha value is -1.19. The SMILES string of the molecule is FC(F)(F)Cc1ccccc1NC1CCC1. The van der Waals surface area contributed by atoms with Crippen molar-refractivity contribution in [2.75, 3.05) is 5.32 Å². The van der Waals surface area contributed by atoms with Gasteiger partial charge in [0.05, 0.1) is 6.42 Å². The summed E-state index contributed by atoms with van der Waals surface area (Å²) in [6.45, 7) is 0. The maximum Gasteiger partial charge on any atom is 0.393 e. The molecule has 0 saturated heterocycles. The average molecular weight is 229 g/mol. The molecule has 0 spiro atoms. The molecule has 2 rings (SSSR count). The normalized spacial score (nSPS) is 16.9. The van der Waals surface area contributed by atoms with Crippen LogP contribution in [0.3, 0.4) is 0 Å². The number of anilines is 1. The fourth-order valence-corrected chi connectivity index (χ4v) is 1.80. The molecule has 1 aromatic rings. The van der Waals surface area contributed by atoms with Crippen molar-refractivity contribution in [3.8, 4) is 0 Å². The molecule has 1 fully saturated rings. The smallest absolute Gasteiger partial charge is 0.382 e. The van der Waals surface area contributed by atoms with Crippen LogP contribution in [-0.2, 0) is 6.42 Å². The molecule has 0 heterocycles. The van der Waals surface area contributed by atoms with E-state index in [1.807, 2.05) is 0 Å². The lowest BCUT2D eigenvalue weighted by atomic mass is 9.92. The first-order chi connectivity index (χ1) is 7.54. The van der Waals surface area contributed by atoms with E-state index < -0.39 is 12.6 Å². The van der Waals surface area contributed by atoms with Crippen molar-refractivity contribution in [3.05, 3.63) is 29.8 Å². The maximum atomic E-state index is 12.3. The molecule has 1 aliphatic carbocycles. The molecule has 0 radical (unpaired) electrons. The molecule has 1 nitrogen and oxygen atoms in total. The van der Waals surface area contributed by atoms with E-state index in [1.54, 1.807) is 18.2 Å². The highest BCUT2D eigenvalue weighted by Crippen LogP contribution is 2.29. The Morgan fingerprint density at radius 3 is 2.44 bits per heavy atom. The molecule has 0 amide bonds. The summed E-state index contributed by atoms with van der Waals surface area (Å²) in [6, 6.07) is 7.02. The lowest BCUT2D eigenvalue weighted by molar-refractivity contribution is -0.127. The number of nitrogens with one attached hydrogen (secondary N) is 1. The summed E-state index contributed by atoms with van der Waals surface area (Å²) in [4.78, 5) is 0. The summed E-state index contributed by atoms with van der Waals surface area (Å²) in [7, 11) is 0. The van der Waals surface area contributed by atoms with Crippen molar-refractivity contribution in [1.29, 1.82) is 0 Å². The predicted octanol–water partition coefficient (Wildman–Crippen LogP) is 3.76. The van der Waals surface area contributed by atoms with Gasteiger partial charge in [-0.2, -0.15) is 13.2 Å². The van der Waals surface area contributed by atoms with Crippen molar-refractivity contribution in [2.24, 2.45) is 0 Å². The Morgan fingerprint density at radius 1 is 1.19 bits per heavy atom. The Morgan fingerprint density at radius 2 is 1.88 bits per heavy atom. The van der Waals surface area contributed by atoms with Gasteiger partial charge in [0.25, 0.3) is 0 Å². The number of rotatable bonds is 3. The highest BCUT2D eigenvalue weighted by molar-refractivity contribution is 5.52. The standard InChI is InChI=1S/C12H14F3N/c13-12(14,15)8-9-4-1-2-7-11(9)16-10-5-3-6-10/h1-2,4,7,10,16H,3,5-6,8H2. The molecule has 1 saturated carbocycles. The molecule has 1 aliphatic rings. The fourth-order valence-electron chi connectivity index (χ4n) is 1.80. The minimum absolute atomic E-state index is 0.335. The van der Waals surface area contributed by atoms with E-state index in [9.17, 15) is 13.2 Å². The lowest BCUT2D eigenvalue weighted by Gasteiger charge is -2.28. The Kier molecular flexibility index (Phi) is 3.08. The largest absolute Gasteiger partial charge is 0.393 e. The summed E-state index contributed by atoms with van der Waals surface area (Å²) in [5.74, 6) is 0. The third-order valence-corrected chi connectivity index (χ3v) is 2.87. The third-order valence-electron chi connectivity index (χ3n) is 2.87. The second kappa shape index (κ2) is 4.36. The van der Waals surface area contributed by atoms with E-state index in [0.717, 1.165) is 12.8 Å². The Labute approximate surface area is 92.7 Å². The second-order valence-electron chi connectivity index (χ2n) is 4.22. The van der Waals surface area contributed by atoms with E-state index in [4.69, 9.17) is 0 Å². The van der Waals surface area contributed by atoms with Gasteiger partial charge >= 0.3 is 6.18 Å². The topological polar surface area (TPSA) is 12.0 Å². The molecule has 0 atom stereocenters. The molecular weight excluding hydrogens is 215 g/mol. The van der Waals surface area contributed by atoms with E-state index in [1.165, 1.54) is 12.5 Å². The molecule has 88 valence electrons. The van der Waals surface area contributed by atoms with E-state index >= 15 is 0 Å². The lowest BCUT2D eigenvalue weighted by Crippen LogP contribution is -2.28. The van der Waals surface area contributed by atoms with E-state index in [0.29, 0.717) is 17.3 Å².